The lowest BCUT2D eigenvalue weighted by Gasteiger charge is -2.18. The molecular formula is C23H21ClO3. The summed E-state index contributed by atoms with van der Waals surface area (Å²) in [6.07, 6.45) is 0. The Balaban J connectivity index is 2.19. The summed E-state index contributed by atoms with van der Waals surface area (Å²) in [5, 5.41) is 10.1. The van der Waals surface area contributed by atoms with Crippen molar-refractivity contribution in [1.29, 1.82) is 0 Å². The molecule has 3 rings (SSSR count). The maximum Gasteiger partial charge on any atom is 0.336 e. The summed E-state index contributed by atoms with van der Waals surface area (Å²) >= 11 is 6.42. The molecule has 0 radical (unpaired) electrons. The van der Waals surface area contributed by atoms with E-state index in [1.807, 2.05) is 48.5 Å². The Morgan fingerprint density at radius 1 is 0.889 bits per heavy atom. The third-order valence-electron chi connectivity index (χ3n) is 4.19. The fourth-order valence-corrected chi connectivity index (χ4v) is 3.20. The van der Waals surface area contributed by atoms with E-state index in [0.29, 0.717) is 28.9 Å². The molecule has 0 aromatic heterocycles. The molecule has 0 unspecified atom stereocenters. The van der Waals surface area contributed by atoms with Gasteiger partial charge in [0.15, 0.2) is 0 Å². The number of benzene rings is 3. The van der Waals surface area contributed by atoms with Gasteiger partial charge in [-0.2, -0.15) is 0 Å². The summed E-state index contributed by atoms with van der Waals surface area (Å²) in [7, 11) is 0. The Morgan fingerprint density at radius 3 is 2.07 bits per heavy atom. The zero-order chi connectivity index (χ0) is 19.4. The molecular weight excluding hydrogens is 360 g/mol. The van der Waals surface area contributed by atoms with Crippen LogP contribution < -0.4 is 4.74 Å². The van der Waals surface area contributed by atoms with Gasteiger partial charge in [0, 0.05) is 5.56 Å². The van der Waals surface area contributed by atoms with E-state index in [4.69, 9.17) is 16.3 Å². The summed E-state index contributed by atoms with van der Waals surface area (Å²) < 4.78 is 6.00. The van der Waals surface area contributed by atoms with Gasteiger partial charge in [0.05, 0.1) is 17.2 Å². The number of carboxylic acid groups (broad SMARTS) is 1. The Labute approximate surface area is 164 Å². The van der Waals surface area contributed by atoms with E-state index in [9.17, 15) is 9.90 Å². The van der Waals surface area contributed by atoms with Gasteiger partial charge in [-0.1, -0.05) is 80.0 Å². The average Bonchev–Trinajstić information content (AvgIpc) is 2.66. The Hall–Kier alpha value is -2.78. The summed E-state index contributed by atoms with van der Waals surface area (Å²) in [4.78, 5) is 11.7. The number of carboxylic acids is 1. The normalized spacial score (nSPS) is 10.8. The molecule has 0 heterocycles. The van der Waals surface area contributed by atoms with Gasteiger partial charge >= 0.3 is 5.97 Å². The predicted octanol–water partition coefficient (Wildman–Crippen LogP) is 6.41. The summed E-state index contributed by atoms with van der Waals surface area (Å²) in [5.74, 6) is 0.0213. The third-order valence-corrected chi connectivity index (χ3v) is 4.49. The van der Waals surface area contributed by atoms with Crippen LogP contribution in [0.4, 0.5) is 0 Å². The number of carbonyl (C=O) groups is 1. The van der Waals surface area contributed by atoms with Gasteiger partial charge in [-0.05, 0) is 34.7 Å². The molecule has 0 fully saturated rings. The molecule has 0 bridgehead atoms. The van der Waals surface area contributed by atoms with Crippen LogP contribution in [0, 0.1) is 5.92 Å². The van der Waals surface area contributed by atoms with Crippen molar-refractivity contribution in [1.82, 2.24) is 0 Å². The number of hydrogen-bond donors (Lipinski definition) is 1. The van der Waals surface area contributed by atoms with E-state index in [-0.39, 0.29) is 5.56 Å². The van der Waals surface area contributed by atoms with Crippen LogP contribution in [0.2, 0.25) is 5.02 Å². The molecule has 0 aliphatic carbocycles. The van der Waals surface area contributed by atoms with E-state index in [1.54, 1.807) is 18.2 Å². The Bertz CT molecular complexity index is 963. The molecule has 3 nitrogen and oxygen atoms in total. The first-order valence-corrected chi connectivity index (χ1v) is 9.20. The fourth-order valence-electron chi connectivity index (χ4n) is 2.97. The van der Waals surface area contributed by atoms with E-state index in [2.05, 4.69) is 13.8 Å². The van der Waals surface area contributed by atoms with Crippen LogP contribution in [-0.2, 0) is 0 Å². The summed E-state index contributed by atoms with van der Waals surface area (Å²) in [6, 6.07) is 20.3. The first kappa shape index (κ1) is 19.0. The minimum atomic E-state index is -0.956. The highest BCUT2D eigenvalue weighted by Gasteiger charge is 2.18. The minimum Gasteiger partial charge on any atom is -0.491 e. The van der Waals surface area contributed by atoms with Crippen LogP contribution in [0.1, 0.15) is 24.2 Å². The molecule has 0 aliphatic heterocycles. The lowest BCUT2D eigenvalue weighted by molar-refractivity contribution is 0.0697. The number of ether oxygens (including phenoxy) is 1. The van der Waals surface area contributed by atoms with Crippen LogP contribution in [0.5, 0.6) is 5.75 Å². The predicted molar refractivity (Wildman–Crippen MR) is 110 cm³/mol. The highest BCUT2D eigenvalue weighted by Crippen LogP contribution is 2.41. The standard InChI is InChI=1S/C23H21ClO3/c1-15(2)14-27-22-19(12-7-13-21(22)24)17-9-4-3-8-16(17)18-10-5-6-11-20(18)23(25)26/h3-13,15H,14H2,1-2H3,(H,25,26). The molecule has 3 aromatic rings. The molecule has 27 heavy (non-hydrogen) atoms. The van der Waals surface area contributed by atoms with Crippen molar-refractivity contribution < 1.29 is 14.6 Å². The molecule has 0 aliphatic rings. The molecule has 0 saturated heterocycles. The summed E-state index contributed by atoms with van der Waals surface area (Å²) in [6.45, 7) is 4.70. The zero-order valence-corrected chi connectivity index (χ0v) is 16.0. The van der Waals surface area contributed by atoms with Crippen LogP contribution in [0.15, 0.2) is 66.7 Å². The second-order valence-corrected chi connectivity index (χ2v) is 7.12. The minimum absolute atomic E-state index is 0.261. The number of para-hydroxylation sites is 1. The van der Waals surface area contributed by atoms with Crippen molar-refractivity contribution in [2.45, 2.75) is 13.8 Å². The molecule has 0 atom stereocenters. The molecule has 0 spiro atoms. The third kappa shape index (κ3) is 4.15. The lowest BCUT2D eigenvalue weighted by Crippen LogP contribution is -2.06. The van der Waals surface area contributed by atoms with Gasteiger partial charge in [-0.15, -0.1) is 0 Å². The van der Waals surface area contributed by atoms with Crippen LogP contribution in [0.25, 0.3) is 22.3 Å². The fraction of sp³-hybridized carbons (Fsp3) is 0.174. The van der Waals surface area contributed by atoms with E-state index >= 15 is 0 Å². The van der Waals surface area contributed by atoms with Gasteiger partial charge in [-0.25, -0.2) is 4.79 Å². The maximum atomic E-state index is 11.7. The van der Waals surface area contributed by atoms with E-state index in [1.165, 1.54) is 0 Å². The van der Waals surface area contributed by atoms with Crippen molar-refractivity contribution in [2.24, 2.45) is 5.92 Å². The maximum absolute atomic E-state index is 11.7. The van der Waals surface area contributed by atoms with Crippen molar-refractivity contribution in [3.63, 3.8) is 0 Å². The second kappa shape index (κ2) is 8.28. The molecule has 0 saturated carbocycles. The number of aromatic carboxylic acids is 1. The molecule has 4 heteroatoms. The van der Waals surface area contributed by atoms with Crippen LogP contribution >= 0.6 is 11.6 Å². The van der Waals surface area contributed by atoms with Crippen molar-refractivity contribution in [3.05, 3.63) is 77.3 Å². The van der Waals surface area contributed by atoms with Gasteiger partial charge in [-0.3, -0.25) is 0 Å². The first-order chi connectivity index (χ1) is 13.0. The first-order valence-electron chi connectivity index (χ1n) is 8.82. The SMILES string of the molecule is CC(C)COc1c(Cl)cccc1-c1ccccc1-c1ccccc1C(=O)O. The topological polar surface area (TPSA) is 46.5 Å². The smallest absolute Gasteiger partial charge is 0.336 e. The van der Waals surface area contributed by atoms with Gasteiger partial charge in [0.25, 0.3) is 0 Å². The largest absolute Gasteiger partial charge is 0.491 e. The van der Waals surface area contributed by atoms with Gasteiger partial charge < -0.3 is 9.84 Å². The van der Waals surface area contributed by atoms with Crippen LogP contribution in [0.3, 0.4) is 0 Å². The second-order valence-electron chi connectivity index (χ2n) is 6.72. The van der Waals surface area contributed by atoms with Crippen molar-refractivity contribution in [2.75, 3.05) is 6.61 Å². The van der Waals surface area contributed by atoms with E-state index in [0.717, 1.165) is 16.7 Å². The van der Waals surface area contributed by atoms with Crippen LogP contribution in [-0.4, -0.2) is 17.7 Å². The van der Waals surface area contributed by atoms with Gasteiger partial charge in [0.1, 0.15) is 5.75 Å². The number of halogens is 1. The quantitative estimate of drug-likeness (QED) is 0.537. The molecule has 3 aromatic carbocycles. The lowest BCUT2D eigenvalue weighted by atomic mass is 9.91. The average molecular weight is 381 g/mol. The highest BCUT2D eigenvalue weighted by atomic mass is 35.5. The number of hydrogen-bond acceptors (Lipinski definition) is 2. The Morgan fingerprint density at radius 2 is 1.44 bits per heavy atom. The zero-order valence-electron chi connectivity index (χ0n) is 15.3. The van der Waals surface area contributed by atoms with Crippen molar-refractivity contribution >= 4 is 17.6 Å². The van der Waals surface area contributed by atoms with E-state index < -0.39 is 5.97 Å². The number of rotatable bonds is 6. The van der Waals surface area contributed by atoms with Gasteiger partial charge in [0.2, 0.25) is 0 Å². The molecule has 138 valence electrons. The van der Waals surface area contributed by atoms with Crippen molar-refractivity contribution in [3.8, 4) is 28.0 Å². The monoisotopic (exact) mass is 380 g/mol. The molecule has 0 amide bonds. The summed E-state index contributed by atoms with van der Waals surface area (Å²) in [5.41, 5.74) is 3.48. The molecule has 1 N–H and O–H groups in total. The highest BCUT2D eigenvalue weighted by molar-refractivity contribution is 6.32. The Kier molecular flexibility index (Phi) is 5.82.